The first kappa shape index (κ1) is 19.2. The zero-order valence-corrected chi connectivity index (χ0v) is 15.7. The molecule has 1 fully saturated rings. The molecule has 6 nitrogen and oxygen atoms in total. The quantitative estimate of drug-likeness (QED) is 0.813. The maximum absolute atomic E-state index is 12.1. The molecule has 1 heterocycles. The van der Waals surface area contributed by atoms with Crippen molar-refractivity contribution in [2.75, 3.05) is 40.8 Å². The van der Waals surface area contributed by atoms with Crippen molar-refractivity contribution in [1.82, 2.24) is 13.9 Å². The van der Waals surface area contributed by atoms with Crippen LogP contribution in [-0.2, 0) is 10.2 Å². The van der Waals surface area contributed by atoms with Crippen LogP contribution in [0.3, 0.4) is 0 Å². The molecule has 0 spiro atoms. The van der Waals surface area contributed by atoms with Crippen molar-refractivity contribution in [2.45, 2.75) is 31.7 Å². The van der Waals surface area contributed by atoms with Gasteiger partial charge in [-0.3, -0.25) is 4.90 Å². The second kappa shape index (κ2) is 8.80. The van der Waals surface area contributed by atoms with Gasteiger partial charge in [-0.15, -0.1) is 0 Å². The maximum atomic E-state index is 12.1. The van der Waals surface area contributed by atoms with Gasteiger partial charge in [-0.25, -0.2) is 4.72 Å². The van der Waals surface area contributed by atoms with Crippen LogP contribution in [-0.4, -0.2) is 58.5 Å². The van der Waals surface area contributed by atoms with Crippen LogP contribution in [0.2, 0.25) is 0 Å². The minimum atomic E-state index is -3.43. The molecule has 1 aromatic carbocycles. The third-order valence-electron chi connectivity index (χ3n) is 4.52. The summed E-state index contributed by atoms with van der Waals surface area (Å²) < 4.78 is 33.4. The Morgan fingerprint density at radius 1 is 1.12 bits per heavy atom. The number of hydrogen-bond acceptors (Lipinski definition) is 4. The molecule has 0 bridgehead atoms. The minimum Gasteiger partial charge on any atom is -0.497 e. The largest absolute Gasteiger partial charge is 0.497 e. The molecule has 1 N–H and O–H groups in total. The molecular formula is C17H29N3O3S. The number of ether oxygens (including phenoxy) is 1. The fourth-order valence-corrected chi connectivity index (χ4v) is 3.63. The zero-order chi connectivity index (χ0) is 17.6. The average Bonchev–Trinajstić information content (AvgIpc) is 2.85. The highest BCUT2D eigenvalue weighted by atomic mass is 32.2. The van der Waals surface area contributed by atoms with Crippen molar-refractivity contribution in [2.24, 2.45) is 0 Å². The second-order valence-corrected chi connectivity index (χ2v) is 8.34. The van der Waals surface area contributed by atoms with Crippen LogP contribution >= 0.6 is 0 Å². The molecule has 24 heavy (non-hydrogen) atoms. The van der Waals surface area contributed by atoms with Gasteiger partial charge in [-0.2, -0.15) is 12.7 Å². The van der Waals surface area contributed by atoms with E-state index in [1.54, 1.807) is 7.11 Å². The van der Waals surface area contributed by atoms with Crippen molar-refractivity contribution < 1.29 is 13.2 Å². The highest BCUT2D eigenvalue weighted by Gasteiger charge is 2.24. The summed E-state index contributed by atoms with van der Waals surface area (Å²) in [6, 6.07) is 7.95. The van der Waals surface area contributed by atoms with E-state index in [1.807, 2.05) is 24.3 Å². The molecule has 0 aliphatic carbocycles. The molecule has 0 radical (unpaired) electrons. The first-order valence-electron chi connectivity index (χ1n) is 8.49. The molecule has 0 aromatic heterocycles. The number of hydrogen-bond donors (Lipinski definition) is 1. The van der Waals surface area contributed by atoms with Crippen molar-refractivity contribution >= 4 is 10.2 Å². The Kier molecular flexibility index (Phi) is 7.03. The fraction of sp³-hybridized carbons (Fsp3) is 0.647. The molecule has 1 aliphatic rings. The average molecular weight is 356 g/mol. The van der Waals surface area contributed by atoms with Gasteiger partial charge >= 0.3 is 0 Å². The highest BCUT2D eigenvalue weighted by molar-refractivity contribution is 7.87. The van der Waals surface area contributed by atoms with E-state index in [4.69, 9.17) is 4.74 Å². The molecule has 1 atom stereocenters. The van der Waals surface area contributed by atoms with Crippen LogP contribution in [0.25, 0.3) is 0 Å². The second-order valence-electron chi connectivity index (χ2n) is 6.38. The fourth-order valence-electron chi connectivity index (χ4n) is 3.00. The Morgan fingerprint density at radius 3 is 2.21 bits per heavy atom. The molecular weight excluding hydrogens is 326 g/mol. The topological polar surface area (TPSA) is 61.9 Å². The van der Waals surface area contributed by atoms with Gasteiger partial charge in [0.25, 0.3) is 10.2 Å². The molecule has 1 saturated heterocycles. The van der Waals surface area contributed by atoms with Crippen molar-refractivity contribution in [3.8, 4) is 5.75 Å². The number of rotatable bonds is 7. The van der Waals surface area contributed by atoms with E-state index in [1.165, 1.54) is 31.2 Å². The SMILES string of the molecule is COc1ccc(C(CNS(=O)(=O)N(C)C)N2CCCCCC2)cc1. The van der Waals surface area contributed by atoms with E-state index >= 15 is 0 Å². The van der Waals surface area contributed by atoms with Crippen LogP contribution in [0, 0.1) is 0 Å². The lowest BCUT2D eigenvalue weighted by atomic mass is 10.0. The normalized spacial score (nSPS) is 18.3. The van der Waals surface area contributed by atoms with Gasteiger partial charge in [0.1, 0.15) is 5.75 Å². The molecule has 1 aliphatic heterocycles. The summed E-state index contributed by atoms with van der Waals surface area (Å²) in [7, 11) is 1.29. The van der Waals surface area contributed by atoms with Crippen molar-refractivity contribution in [1.29, 1.82) is 0 Å². The monoisotopic (exact) mass is 355 g/mol. The van der Waals surface area contributed by atoms with Crippen LogP contribution in [0.4, 0.5) is 0 Å². The van der Waals surface area contributed by atoms with E-state index in [-0.39, 0.29) is 6.04 Å². The van der Waals surface area contributed by atoms with Crippen molar-refractivity contribution in [3.05, 3.63) is 29.8 Å². The van der Waals surface area contributed by atoms with E-state index in [9.17, 15) is 8.42 Å². The van der Waals surface area contributed by atoms with Gasteiger partial charge in [0.15, 0.2) is 0 Å². The van der Waals surface area contributed by atoms with Crippen LogP contribution < -0.4 is 9.46 Å². The summed E-state index contributed by atoms with van der Waals surface area (Å²) in [5, 5.41) is 0. The summed E-state index contributed by atoms with van der Waals surface area (Å²) in [6.07, 6.45) is 4.81. The number of likely N-dealkylation sites (tertiary alicyclic amines) is 1. The number of nitrogens with zero attached hydrogens (tertiary/aromatic N) is 2. The van der Waals surface area contributed by atoms with E-state index in [2.05, 4.69) is 9.62 Å². The van der Waals surface area contributed by atoms with Crippen LogP contribution in [0.15, 0.2) is 24.3 Å². The molecule has 0 amide bonds. The number of benzene rings is 1. The van der Waals surface area contributed by atoms with Crippen LogP contribution in [0.5, 0.6) is 5.75 Å². The van der Waals surface area contributed by atoms with E-state index < -0.39 is 10.2 Å². The Hall–Kier alpha value is -1.15. The first-order valence-corrected chi connectivity index (χ1v) is 9.93. The third kappa shape index (κ3) is 5.17. The predicted molar refractivity (Wildman–Crippen MR) is 96.4 cm³/mol. The Labute approximate surface area is 146 Å². The number of methoxy groups -OCH3 is 1. The zero-order valence-electron chi connectivity index (χ0n) is 14.9. The first-order chi connectivity index (χ1) is 11.4. The lowest BCUT2D eigenvalue weighted by molar-refractivity contribution is 0.205. The van der Waals surface area contributed by atoms with E-state index in [0.29, 0.717) is 6.54 Å². The third-order valence-corrected chi connectivity index (χ3v) is 6.01. The summed E-state index contributed by atoms with van der Waals surface area (Å²) in [6.45, 7) is 2.37. The van der Waals surface area contributed by atoms with Gasteiger partial charge in [-0.05, 0) is 43.6 Å². The molecule has 7 heteroatoms. The summed E-state index contributed by atoms with van der Waals surface area (Å²) in [5.41, 5.74) is 1.11. The Balaban J connectivity index is 2.19. The molecule has 1 unspecified atom stereocenters. The van der Waals surface area contributed by atoms with E-state index in [0.717, 1.165) is 37.2 Å². The molecule has 1 aromatic rings. The molecule has 0 saturated carbocycles. The van der Waals surface area contributed by atoms with Gasteiger partial charge in [0.2, 0.25) is 0 Å². The minimum absolute atomic E-state index is 0.0312. The predicted octanol–water partition coefficient (Wildman–Crippen LogP) is 2.01. The number of nitrogens with one attached hydrogen (secondary N) is 1. The van der Waals surface area contributed by atoms with Crippen LogP contribution in [0.1, 0.15) is 37.3 Å². The molecule has 136 valence electrons. The van der Waals surface area contributed by atoms with Gasteiger partial charge in [0, 0.05) is 26.7 Å². The van der Waals surface area contributed by atoms with Gasteiger partial charge < -0.3 is 4.74 Å². The highest BCUT2D eigenvalue weighted by Crippen LogP contribution is 2.25. The maximum Gasteiger partial charge on any atom is 0.278 e. The standard InChI is InChI=1S/C17H29N3O3S/c1-19(2)24(21,22)18-14-17(20-12-6-4-5-7-13-20)15-8-10-16(23-3)11-9-15/h8-11,17-18H,4-7,12-14H2,1-3H3. The lowest BCUT2D eigenvalue weighted by Crippen LogP contribution is -2.42. The smallest absolute Gasteiger partial charge is 0.278 e. The summed E-state index contributed by atoms with van der Waals surface area (Å²) >= 11 is 0. The van der Waals surface area contributed by atoms with Crippen molar-refractivity contribution in [3.63, 3.8) is 0 Å². The van der Waals surface area contributed by atoms with Gasteiger partial charge in [-0.1, -0.05) is 25.0 Å². The Bertz CT molecular complexity index is 594. The Morgan fingerprint density at radius 2 is 1.71 bits per heavy atom. The summed E-state index contributed by atoms with van der Waals surface area (Å²) in [5.74, 6) is 0.808. The summed E-state index contributed by atoms with van der Waals surface area (Å²) in [4.78, 5) is 2.40. The lowest BCUT2D eigenvalue weighted by Gasteiger charge is -2.31. The van der Waals surface area contributed by atoms with Gasteiger partial charge in [0.05, 0.1) is 7.11 Å². The molecule has 2 rings (SSSR count).